The number of aromatic amines is 1. The smallest absolute Gasteiger partial charge is 0.543 e. The Morgan fingerprint density at radius 1 is 1.12 bits per heavy atom. The molecule has 24 heavy (non-hydrogen) atoms. The van der Waals surface area contributed by atoms with E-state index in [9.17, 15) is 14.1 Å². The van der Waals surface area contributed by atoms with E-state index in [1.165, 1.54) is 12.8 Å². The SMILES string of the molecule is N[C@@H]1CCCC[C@H]1N.O=C([O-])C(=O)[O-].O=c1ccn(F)c(=O)[nH]1.[Pt+2]. The van der Waals surface area contributed by atoms with Crippen molar-refractivity contribution in [3.63, 3.8) is 0 Å². The van der Waals surface area contributed by atoms with Crippen molar-refractivity contribution in [2.24, 2.45) is 11.5 Å². The van der Waals surface area contributed by atoms with Gasteiger partial charge in [0.2, 0.25) is 0 Å². The van der Waals surface area contributed by atoms with Gasteiger partial charge >= 0.3 is 26.8 Å². The molecule has 138 valence electrons. The molecule has 1 fully saturated rings. The van der Waals surface area contributed by atoms with E-state index in [-0.39, 0.29) is 37.9 Å². The van der Waals surface area contributed by atoms with Gasteiger partial charge in [-0.3, -0.25) is 9.78 Å². The fraction of sp³-hybridized carbons (Fsp3) is 0.500. The van der Waals surface area contributed by atoms with Gasteiger partial charge in [-0.05, 0) is 12.8 Å². The molecule has 2 rings (SSSR count). The maximum atomic E-state index is 11.9. The van der Waals surface area contributed by atoms with Crippen molar-refractivity contribution in [3.8, 4) is 0 Å². The number of H-pyrrole nitrogens is 1. The van der Waals surface area contributed by atoms with Crippen molar-refractivity contribution in [2.75, 3.05) is 0 Å². The third kappa shape index (κ3) is 10.8. The number of carbonyl (C=O) groups excluding carboxylic acids is 2. The number of hydrogen-bond acceptors (Lipinski definition) is 8. The first-order valence-corrected chi connectivity index (χ1v) is 6.56. The molecule has 0 aromatic carbocycles. The van der Waals surface area contributed by atoms with Crippen LogP contribution in [0.5, 0.6) is 0 Å². The zero-order chi connectivity index (χ0) is 18.0. The van der Waals surface area contributed by atoms with Crippen molar-refractivity contribution >= 4 is 11.9 Å². The first kappa shape index (κ1) is 24.4. The Labute approximate surface area is 149 Å². The average Bonchev–Trinajstić information content (AvgIpc) is 2.48. The Morgan fingerprint density at radius 2 is 1.54 bits per heavy atom. The number of aliphatic carboxylic acids is 2. The van der Waals surface area contributed by atoms with Gasteiger partial charge in [0.15, 0.2) is 0 Å². The van der Waals surface area contributed by atoms with Crippen molar-refractivity contribution in [2.45, 2.75) is 37.8 Å². The van der Waals surface area contributed by atoms with Gasteiger partial charge in [-0.2, -0.15) is 0 Å². The molecule has 1 aromatic heterocycles. The molecule has 1 aliphatic carbocycles. The summed E-state index contributed by atoms with van der Waals surface area (Å²) in [6.07, 6.45) is 5.55. The summed E-state index contributed by atoms with van der Waals surface area (Å²) >= 11 is 0. The van der Waals surface area contributed by atoms with Gasteiger partial charge in [0.1, 0.15) is 0 Å². The molecule has 2 atom stereocenters. The molecule has 1 aromatic rings. The van der Waals surface area contributed by atoms with E-state index in [0.29, 0.717) is 0 Å². The number of carbonyl (C=O) groups is 2. The number of halogens is 1. The number of nitrogens with zero attached hydrogens (tertiary/aromatic N) is 1. The number of nitrogens with two attached hydrogens (primary N) is 2. The molecule has 1 aliphatic rings. The topological polar surface area (TPSA) is 187 Å². The normalized spacial score (nSPS) is 18.6. The maximum absolute atomic E-state index is 11.9. The zero-order valence-corrected chi connectivity index (χ0v) is 14.7. The molecule has 10 nitrogen and oxygen atoms in total. The van der Waals surface area contributed by atoms with E-state index in [1.807, 2.05) is 0 Å². The minimum absolute atomic E-state index is 0. The minimum Gasteiger partial charge on any atom is -0.543 e. The Bertz CT molecular complexity index is 612. The van der Waals surface area contributed by atoms with Crippen LogP contribution in [0.3, 0.4) is 0 Å². The monoisotopic (exact) mass is 527 g/mol. The van der Waals surface area contributed by atoms with Gasteiger partial charge in [-0.25, -0.2) is 4.79 Å². The van der Waals surface area contributed by atoms with Crippen molar-refractivity contribution < 1.29 is 45.3 Å². The molecule has 5 N–H and O–H groups in total. The number of aromatic nitrogens is 2. The van der Waals surface area contributed by atoms with Gasteiger partial charge < -0.3 is 31.3 Å². The first-order chi connectivity index (χ1) is 10.6. The van der Waals surface area contributed by atoms with Crippen LogP contribution in [0.15, 0.2) is 21.9 Å². The molecule has 1 saturated carbocycles. The quantitative estimate of drug-likeness (QED) is 0.285. The van der Waals surface area contributed by atoms with E-state index in [4.69, 9.17) is 31.3 Å². The average molecular weight is 527 g/mol. The summed E-state index contributed by atoms with van der Waals surface area (Å²) < 4.78 is 11.9. The number of carboxylic acid groups (broad SMARTS) is 2. The van der Waals surface area contributed by atoms with E-state index >= 15 is 0 Å². The van der Waals surface area contributed by atoms with E-state index < -0.39 is 23.2 Å². The van der Waals surface area contributed by atoms with Crippen LogP contribution in [0.1, 0.15) is 25.7 Å². The van der Waals surface area contributed by atoms with Crippen LogP contribution in [-0.4, -0.2) is 33.8 Å². The summed E-state index contributed by atoms with van der Waals surface area (Å²) in [4.78, 5) is 39.7. The second kappa shape index (κ2) is 12.6. The summed E-state index contributed by atoms with van der Waals surface area (Å²) in [5, 5.41) is 17.9. The second-order valence-corrected chi connectivity index (χ2v) is 4.61. The molecule has 0 unspecified atom stereocenters. The van der Waals surface area contributed by atoms with Gasteiger partial charge in [-0.1, -0.05) is 17.3 Å². The molecule has 0 aliphatic heterocycles. The Balaban J connectivity index is 0. The van der Waals surface area contributed by atoms with E-state index in [1.54, 1.807) is 4.98 Å². The molecule has 12 heteroatoms. The van der Waals surface area contributed by atoms with Crippen LogP contribution >= 0.6 is 0 Å². The van der Waals surface area contributed by atoms with Crippen molar-refractivity contribution in [1.82, 2.24) is 9.77 Å². The maximum Gasteiger partial charge on any atom is 2.00 e. The van der Waals surface area contributed by atoms with Gasteiger partial charge in [0.25, 0.3) is 5.56 Å². The van der Waals surface area contributed by atoms with E-state index in [0.717, 1.165) is 25.1 Å². The van der Waals surface area contributed by atoms with Crippen molar-refractivity contribution in [1.29, 1.82) is 0 Å². The third-order valence-electron chi connectivity index (χ3n) is 2.82. The zero-order valence-electron chi connectivity index (χ0n) is 12.4. The summed E-state index contributed by atoms with van der Waals surface area (Å²) in [6.45, 7) is 0. The molecule has 0 amide bonds. The third-order valence-corrected chi connectivity index (χ3v) is 2.82. The van der Waals surface area contributed by atoms with Gasteiger partial charge in [-0.15, -0.1) is 4.79 Å². The predicted molar refractivity (Wildman–Crippen MR) is 72.3 cm³/mol. The number of nitrogens with one attached hydrogen (secondary N) is 1. The molecular formula is C12H17FN4O6Pt. The van der Waals surface area contributed by atoms with Gasteiger partial charge in [0, 0.05) is 24.3 Å². The number of carboxylic acids is 2. The molecular weight excluding hydrogens is 510 g/mol. The van der Waals surface area contributed by atoms with E-state index in [2.05, 4.69) is 0 Å². The molecule has 0 saturated heterocycles. The second-order valence-electron chi connectivity index (χ2n) is 4.61. The Morgan fingerprint density at radius 3 is 1.79 bits per heavy atom. The van der Waals surface area contributed by atoms with Crippen LogP contribution < -0.4 is 32.9 Å². The molecule has 0 spiro atoms. The van der Waals surface area contributed by atoms with Crippen LogP contribution in [0, 0.1) is 0 Å². The van der Waals surface area contributed by atoms with Crippen LogP contribution in [0.2, 0.25) is 0 Å². The summed E-state index contributed by atoms with van der Waals surface area (Å²) in [5.41, 5.74) is 9.65. The summed E-state index contributed by atoms with van der Waals surface area (Å²) in [5.74, 6) is -4.37. The number of rotatable bonds is 0. The first-order valence-electron chi connectivity index (χ1n) is 6.56. The Hall–Kier alpha value is -1.84. The Kier molecular flexibility index (Phi) is 12.8. The van der Waals surface area contributed by atoms with Crippen LogP contribution in [-0.2, 0) is 30.7 Å². The minimum atomic E-state index is -2.19. The molecule has 1 heterocycles. The summed E-state index contributed by atoms with van der Waals surface area (Å²) in [7, 11) is 0. The van der Waals surface area contributed by atoms with Crippen LogP contribution in [0.25, 0.3) is 0 Å². The van der Waals surface area contributed by atoms with Gasteiger partial charge in [0.05, 0.1) is 11.9 Å². The van der Waals surface area contributed by atoms with Crippen molar-refractivity contribution in [3.05, 3.63) is 33.1 Å². The predicted octanol–water partition coefficient (Wildman–Crippen LogP) is -4.03. The summed E-state index contributed by atoms with van der Waals surface area (Å²) in [6, 6.07) is 1.48. The fourth-order valence-corrected chi connectivity index (χ4v) is 1.59. The molecule has 0 radical (unpaired) electrons. The largest absolute Gasteiger partial charge is 2.00 e. The number of hydrogen-bond donors (Lipinski definition) is 3. The standard InChI is InChI=1S/C6H14N2.C4H3FN2O2.C2H2O4.Pt/c7-5-3-1-2-4-6(5)8;5-7-2-1-3(8)6-4(7)9;3-1(4)2(5)6;/h5-6H,1-4,7-8H2;1-2H,(H,6,8,9);(H,3,4)(H,5,6);/q;;;+2/p-2/t5-,6-;;;/m1.../s1. The molecule has 0 bridgehead atoms. The van der Waals surface area contributed by atoms with Crippen LogP contribution in [0.4, 0.5) is 4.48 Å². The fourth-order valence-electron chi connectivity index (χ4n) is 1.59.